The molecule has 0 aromatic rings. The summed E-state index contributed by atoms with van der Waals surface area (Å²) in [5, 5.41) is 9.14. The maximum Gasteiger partial charge on any atom is 0.0611 e. The topological polar surface area (TPSA) is 55.5 Å². The fraction of sp³-hybridized carbons (Fsp3) is 1.00. The fourth-order valence-corrected chi connectivity index (χ4v) is 1.80. The van der Waals surface area contributed by atoms with Crippen molar-refractivity contribution in [2.24, 2.45) is 5.73 Å². The van der Waals surface area contributed by atoms with Gasteiger partial charge in [0.15, 0.2) is 0 Å². The van der Waals surface area contributed by atoms with Gasteiger partial charge in [0.05, 0.1) is 6.61 Å². The van der Waals surface area contributed by atoms with E-state index in [0.717, 1.165) is 32.5 Å². The Morgan fingerprint density at radius 3 is 2.24 bits per heavy atom. The van der Waals surface area contributed by atoms with Crippen LogP contribution in [0.15, 0.2) is 0 Å². The third kappa shape index (κ3) is 9.57. The summed E-state index contributed by atoms with van der Waals surface area (Å²) >= 11 is 0. The fourth-order valence-electron chi connectivity index (χ4n) is 1.80. The minimum Gasteiger partial charge on any atom is -0.394 e. The monoisotopic (exact) mass is 245 g/mol. The number of hydrogen-bond acceptors (Lipinski definition) is 3. The van der Waals surface area contributed by atoms with Gasteiger partial charge in [-0.1, -0.05) is 39.5 Å². The van der Waals surface area contributed by atoms with Gasteiger partial charge >= 0.3 is 0 Å². The van der Waals surface area contributed by atoms with E-state index in [1.807, 2.05) is 6.92 Å². The lowest BCUT2D eigenvalue weighted by atomic mass is 9.93. The van der Waals surface area contributed by atoms with Crippen LogP contribution in [0.3, 0.4) is 0 Å². The lowest BCUT2D eigenvalue weighted by Gasteiger charge is -2.25. The number of unbranched alkanes of at least 4 members (excludes halogenated alkanes) is 4. The highest BCUT2D eigenvalue weighted by molar-refractivity contribution is 4.81. The average molecular weight is 245 g/mol. The molecule has 3 nitrogen and oxygen atoms in total. The molecule has 0 aromatic heterocycles. The van der Waals surface area contributed by atoms with Gasteiger partial charge in [0.1, 0.15) is 0 Å². The molecule has 0 fully saturated rings. The average Bonchev–Trinajstić information content (AvgIpc) is 2.36. The number of aliphatic hydroxyl groups is 1. The van der Waals surface area contributed by atoms with Crippen LogP contribution in [-0.2, 0) is 4.74 Å². The molecule has 17 heavy (non-hydrogen) atoms. The van der Waals surface area contributed by atoms with E-state index in [-0.39, 0.29) is 6.61 Å². The van der Waals surface area contributed by atoms with Crippen LogP contribution >= 0.6 is 0 Å². The Morgan fingerprint density at radius 2 is 1.65 bits per heavy atom. The first-order chi connectivity index (χ1) is 8.18. The Bertz CT molecular complexity index is 158. The molecule has 0 aliphatic heterocycles. The molecule has 0 aliphatic rings. The minimum absolute atomic E-state index is 0.0700. The van der Waals surface area contributed by atoms with Crippen LogP contribution in [-0.4, -0.2) is 30.5 Å². The summed E-state index contributed by atoms with van der Waals surface area (Å²) in [6.07, 6.45) is 9.00. The Morgan fingerprint density at radius 1 is 1.00 bits per heavy atom. The summed E-state index contributed by atoms with van der Waals surface area (Å²) in [6.45, 7) is 5.95. The summed E-state index contributed by atoms with van der Waals surface area (Å²) in [4.78, 5) is 0. The predicted octanol–water partition coefficient (Wildman–Crippen LogP) is 2.85. The van der Waals surface area contributed by atoms with E-state index < -0.39 is 5.54 Å². The molecule has 0 heterocycles. The van der Waals surface area contributed by atoms with Crippen LogP contribution < -0.4 is 5.73 Å². The first-order valence-corrected chi connectivity index (χ1v) is 7.16. The lowest BCUT2D eigenvalue weighted by Crippen LogP contribution is -2.43. The van der Waals surface area contributed by atoms with Crippen molar-refractivity contribution in [3.63, 3.8) is 0 Å². The van der Waals surface area contributed by atoms with Crippen LogP contribution in [0, 0.1) is 0 Å². The predicted molar refractivity (Wildman–Crippen MR) is 73.1 cm³/mol. The van der Waals surface area contributed by atoms with Gasteiger partial charge < -0.3 is 15.6 Å². The van der Waals surface area contributed by atoms with Crippen molar-refractivity contribution in [2.75, 3.05) is 19.8 Å². The third-order valence-electron chi connectivity index (χ3n) is 3.37. The van der Waals surface area contributed by atoms with Gasteiger partial charge in [0.2, 0.25) is 0 Å². The maximum atomic E-state index is 9.14. The third-order valence-corrected chi connectivity index (χ3v) is 3.37. The van der Waals surface area contributed by atoms with Gasteiger partial charge in [-0.3, -0.25) is 0 Å². The van der Waals surface area contributed by atoms with E-state index in [1.54, 1.807) is 0 Å². The quantitative estimate of drug-likeness (QED) is 0.520. The molecule has 0 radical (unpaired) electrons. The zero-order valence-corrected chi connectivity index (χ0v) is 11.7. The second kappa shape index (κ2) is 11.0. The number of hydrogen-bond donors (Lipinski definition) is 2. The molecule has 3 heteroatoms. The molecule has 0 aromatic carbocycles. The van der Waals surface area contributed by atoms with Crippen molar-refractivity contribution in [2.45, 2.75) is 70.8 Å². The molecule has 0 aliphatic carbocycles. The van der Waals surface area contributed by atoms with Crippen molar-refractivity contribution < 1.29 is 9.84 Å². The smallest absolute Gasteiger partial charge is 0.0611 e. The molecule has 1 unspecified atom stereocenters. The minimum atomic E-state index is -0.398. The summed E-state index contributed by atoms with van der Waals surface area (Å²) in [5.74, 6) is 0. The highest BCUT2D eigenvalue weighted by Crippen LogP contribution is 2.13. The van der Waals surface area contributed by atoms with Crippen molar-refractivity contribution in [3.05, 3.63) is 0 Å². The first-order valence-electron chi connectivity index (χ1n) is 7.16. The Labute approximate surface area is 107 Å². The largest absolute Gasteiger partial charge is 0.394 e. The van der Waals surface area contributed by atoms with Gasteiger partial charge in [-0.25, -0.2) is 0 Å². The number of rotatable bonds is 12. The molecule has 3 N–H and O–H groups in total. The molecule has 0 amide bonds. The first kappa shape index (κ1) is 16.9. The maximum absolute atomic E-state index is 9.14. The van der Waals surface area contributed by atoms with Crippen molar-refractivity contribution in [3.8, 4) is 0 Å². The van der Waals surface area contributed by atoms with E-state index in [9.17, 15) is 0 Å². The van der Waals surface area contributed by atoms with Crippen LogP contribution in [0.1, 0.15) is 65.2 Å². The molecule has 0 saturated carbocycles. The summed E-state index contributed by atoms with van der Waals surface area (Å²) in [5.41, 5.74) is 5.59. The van der Waals surface area contributed by atoms with Crippen LogP contribution in [0.4, 0.5) is 0 Å². The van der Waals surface area contributed by atoms with E-state index in [1.165, 1.54) is 32.1 Å². The molecule has 0 saturated heterocycles. The number of aliphatic hydroxyl groups excluding tert-OH is 1. The Kier molecular flexibility index (Phi) is 10.9. The standard InChI is InChI=1S/C14H31NO2/c1-3-5-6-7-8-11-17-12-9-10-14(15,4-2)13-16/h16H,3-13,15H2,1-2H3. The highest BCUT2D eigenvalue weighted by atomic mass is 16.5. The summed E-state index contributed by atoms with van der Waals surface area (Å²) < 4.78 is 5.56. The zero-order chi connectivity index (χ0) is 13.0. The molecule has 0 spiro atoms. The number of nitrogens with two attached hydrogens (primary N) is 1. The van der Waals surface area contributed by atoms with E-state index in [0.29, 0.717) is 0 Å². The van der Waals surface area contributed by atoms with Crippen LogP contribution in [0.5, 0.6) is 0 Å². The molecule has 1 atom stereocenters. The molecule has 0 bridgehead atoms. The molecular formula is C14H31NO2. The van der Waals surface area contributed by atoms with Gasteiger partial charge in [-0.15, -0.1) is 0 Å². The molecular weight excluding hydrogens is 214 g/mol. The van der Waals surface area contributed by atoms with Gasteiger partial charge in [0.25, 0.3) is 0 Å². The highest BCUT2D eigenvalue weighted by Gasteiger charge is 2.20. The molecule has 0 rings (SSSR count). The lowest BCUT2D eigenvalue weighted by molar-refractivity contribution is 0.111. The van der Waals surface area contributed by atoms with Gasteiger partial charge in [-0.2, -0.15) is 0 Å². The number of ether oxygens (including phenoxy) is 1. The van der Waals surface area contributed by atoms with E-state index >= 15 is 0 Å². The van der Waals surface area contributed by atoms with E-state index in [4.69, 9.17) is 15.6 Å². The second-order valence-electron chi connectivity index (χ2n) is 5.00. The summed E-state index contributed by atoms with van der Waals surface area (Å²) in [7, 11) is 0. The zero-order valence-electron chi connectivity index (χ0n) is 11.7. The normalized spacial score (nSPS) is 14.8. The van der Waals surface area contributed by atoms with Crippen LogP contribution in [0.25, 0.3) is 0 Å². The SMILES string of the molecule is CCCCCCCOCCCC(N)(CC)CO. The van der Waals surface area contributed by atoms with Gasteiger partial charge in [-0.05, 0) is 25.7 Å². The Balaban J connectivity index is 3.23. The summed E-state index contributed by atoms with van der Waals surface area (Å²) in [6, 6.07) is 0. The van der Waals surface area contributed by atoms with E-state index in [2.05, 4.69) is 6.92 Å². The van der Waals surface area contributed by atoms with Crippen molar-refractivity contribution in [1.29, 1.82) is 0 Å². The second-order valence-corrected chi connectivity index (χ2v) is 5.00. The molecule has 104 valence electrons. The van der Waals surface area contributed by atoms with Crippen LogP contribution in [0.2, 0.25) is 0 Å². The Hall–Kier alpha value is -0.120. The van der Waals surface area contributed by atoms with Gasteiger partial charge in [0, 0.05) is 18.8 Å². The van der Waals surface area contributed by atoms with Crippen molar-refractivity contribution >= 4 is 0 Å². The van der Waals surface area contributed by atoms with Crippen molar-refractivity contribution in [1.82, 2.24) is 0 Å².